The monoisotopic (exact) mass is 309 g/mol. The Labute approximate surface area is 136 Å². The third-order valence-corrected chi connectivity index (χ3v) is 5.46. The third-order valence-electron chi connectivity index (χ3n) is 5.46. The Morgan fingerprint density at radius 2 is 1.91 bits per heavy atom. The first-order chi connectivity index (χ1) is 10.3. The van der Waals surface area contributed by atoms with Gasteiger partial charge in [0.2, 0.25) is 5.91 Å². The second-order valence-corrected chi connectivity index (χ2v) is 8.48. The predicted octanol–water partition coefficient (Wildman–Crippen LogP) is 2.47. The fourth-order valence-electron chi connectivity index (χ4n) is 3.74. The standard InChI is InChI=1S/C18H35N3O/c1-14-8-5-6-10-20(14)12-15-9-7-11-21(13-15)17(22)16(19)18(2,3)4/h14-16H,5-13,19H2,1-4H3/t14-,15+,16-/m1/s1. The van der Waals surface area contributed by atoms with E-state index in [-0.39, 0.29) is 17.4 Å². The molecule has 128 valence electrons. The van der Waals surface area contributed by atoms with E-state index in [2.05, 4.69) is 11.8 Å². The van der Waals surface area contributed by atoms with E-state index in [0.717, 1.165) is 26.1 Å². The van der Waals surface area contributed by atoms with E-state index < -0.39 is 0 Å². The third kappa shape index (κ3) is 4.45. The van der Waals surface area contributed by atoms with Gasteiger partial charge in [-0.2, -0.15) is 0 Å². The van der Waals surface area contributed by atoms with Crippen molar-refractivity contribution in [3.05, 3.63) is 0 Å². The number of rotatable bonds is 3. The van der Waals surface area contributed by atoms with E-state index in [9.17, 15) is 4.79 Å². The van der Waals surface area contributed by atoms with Gasteiger partial charge in [0, 0.05) is 25.7 Å². The number of nitrogens with two attached hydrogens (primary N) is 1. The zero-order chi connectivity index (χ0) is 16.3. The molecule has 0 unspecified atom stereocenters. The number of piperidine rings is 2. The number of hydrogen-bond donors (Lipinski definition) is 1. The zero-order valence-electron chi connectivity index (χ0n) is 15.0. The molecule has 4 nitrogen and oxygen atoms in total. The minimum atomic E-state index is -0.389. The van der Waals surface area contributed by atoms with Crippen LogP contribution in [0, 0.1) is 11.3 Å². The highest BCUT2D eigenvalue weighted by Crippen LogP contribution is 2.25. The minimum absolute atomic E-state index is 0.142. The molecular formula is C18H35N3O. The molecular weight excluding hydrogens is 274 g/mol. The summed E-state index contributed by atoms with van der Waals surface area (Å²) in [5.41, 5.74) is 6.01. The molecule has 2 aliphatic rings. The molecule has 1 amide bonds. The van der Waals surface area contributed by atoms with Crippen LogP contribution in [0.15, 0.2) is 0 Å². The van der Waals surface area contributed by atoms with Gasteiger partial charge in [0.25, 0.3) is 0 Å². The van der Waals surface area contributed by atoms with Crippen molar-refractivity contribution >= 4 is 5.91 Å². The minimum Gasteiger partial charge on any atom is -0.341 e. The summed E-state index contributed by atoms with van der Waals surface area (Å²) in [7, 11) is 0. The molecule has 2 rings (SSSR count). The number of likely N-dealkylation sites (tertiary alicyclic amines) is 2. The first kappa shape index (κ1) is 17.7. The number of amides is 1. The van der Waals surface area contributed by atoms with Crippen molar-refractivity contribution < 1.29 is 4.79 Å². The van der Waals surface area contributed by atoms with E-state index in [0.29, 0.717) is 12.0 Å². The van der Waals surface area contributed by atoms with Crippen molar-refractivity contribution in [2.75, 3.05) is 26.2 Å². The van der Waals surface area contributed by atoms with Crippen molar-refractivity contribution in [2.45, 2.75) is 71.9 Å². The highest BCUT2D eigenvalue weighted by atomic mass is 16.2. The highest BCUT2D eigenvalue weighted by Gasteiger charge is 2.34. The van der Waals surface area contributed by atoms with E-state index in [1.807, 2.05) is 25.7 Å². The molecule has 3 atom stereocenters. The highest BCUT2D eigenvalue weighted by molar-refractivity contribution is 5.82. The molecule has 0 aliphatic carbocycles. The van der Waals surface area contributed by atoms with E-state index in [1.54, 1.807) is 0 Å². The lowest BCUT2D eigenvalue weighted by molar-refractivity contribution is -0.137. The van der Waals surface area contributed by atoms with Crippen molar-refractivity contribution in [1.82, 2.24) is 9.80 Å². The molecule has 2 aliphatic heterocycles. The van der Waals surface area contributed by atoms with Crippen LogP contribution in [0.1, 0.15) is 59.8 Å². The van der Waals surface area contributed by atoms with Gasteiger partial charge in [-0.25, -0.2) is 0 Å². The Morgan fingerprint density at radius 1 is 1.18 bits per heavy atom. The zero-order valence-corrected chi connectivity index (χ0v) is 15.0. The van der Waals surface area contributed by atoms with Gasteiger partial charge >= 0.3 is 0 Å². The Morgan fingerprint density at radius 3 is 2.55 bits per heavy atom. The van der Waals surface area contributed by atoms with Gasteiger partial charge in [-0.3, -0.25) is 4.79 Å². The number of nitrogens with zero attached hydrogens (tertiary/aromatic N) is 2. The predicted molar refractivity (Wildman–Crippen MR) is 91.6 cm³/mol. The second kappa shape index (κ2) is 7.31. The first-order valence-corrected chi connectivity index (χ1v) is 9.07. The summed E-state index contributed by atoms with van der Waals surface area (Å²) >= 11 is 0. The molecule has 2 N–H and O–H groups in total. The van der Waals surface area contributed by atoms with E-state index in [4.69, 9.17) is 5.73 Å². The van der Waals surface area contributed by atoms with Crippen LogP contribution in [0.4, 0.5) is 0 Å². The van der Waals surface area contributed by atoms with Gasteiger partial charge in [-0.15, -0.1) is 0 Å². The molecule has 22 heavy (non-hydrogen) atoms. The maximum atomic E-state index is 12.6. The van der Waals surface area contributed by atoms with Gasteiger partial charge < -0.3 is 15.5 Å². The summed E-state index contributed by atoms with van der Waals surface area (Å²) in [6.45, 7) is 12.6. The lowest BCUT2D eigenvalue weighted by Crippen LogP contribution is -2.54. The molecule has 2 heterocycles. The Balaban J connectivity index is 1.90. The van der Waals surface area contributed by atoms with Crippen LogP contribution in [0.2, 0.25) is 0 Å². The van der Waals surface area contributed by atoms with Crippen LogP contribution in [-0.4, -0.2) is 54.0 Å². The largest absolute Gasteiger partial charge is 0.341 e. The first-order valence-electron chi connectivity index (χ1n) is 9.07. The Bertz CT molecular complexity index is 377. The van der Waals surface area contributed by atoms with Crippen LogP contribution in [0.25, 0.3) is 0 Å². The molecule has 0 aromatic heterocycles. The van der Waals surface area contributed by atoms with Crippen molar-refractivity contribution in [3.63, 3.8) is 0 Å². The van der Waals surface area contributed by atoms with Gasteiger partial charge in [0.05, 0.1) is 6.04 Å². The average Bonchev–Trinajstić information content (AvgIpc) is 2.47. The Kier molecular flexibility index (Phi) is 5.89. The van der Waals surface area contributed by atoms with E-state index in [1.165, 1.54) is 32.2 Å². The molecule has 4 heteroatoms. The van der Waals surface area contributed by atoms with Gasteiger partial charge in [0.15, 0.2) is 0 Å². The second-order valence-electron chi connectivity index (χ2n) is 8.48. The van der Waals surface area contributed by atoms with Crippen LogP contribution in [0.5, 0.6) is 0 Å². The molecule has 0 saturated carbocycles. The lowest BCUT2D eigenvalue weighted by atomic mass is 9.85. The molecule has 0 aromatic carbocycles. The summed E-state index contributed by atoms with van der Waals surface area (Å²) in [5, 5.41) is 0. The van der Waals surface area contributed by atoms with Crippen LogP contribution in [0.3, 0.4) is 0 Å². The molecule has 2 saturated heterocycles. The number of carbonyl (C=O) groups is 1. The van der Waals surface area contributed by atoms with Gasteiger partial charge in [0.1, 0.15) is 0 Å². The van der Waals surface area contributed by atoms with Crippen LogP contribution >= 0.6 is 0 Å². The summed E-state index contributed by atoms with van der Waals surface area (Å²) < 4.78 is 0. The maximum absolute atomic E-state index is 12.6. The summed E-state index contributed by atoms with van der Waals surface area (Å²) in [5.74, 6) is 0.759. The van der Waals surface area contributed by atoms with Gasteiger partial charge in [-0.05, 0) is 50.5 Å². The van der Waals surface area contributed by atoms with Crippen LogP contribution in [-0.2, 0) is 4.79 Å². The smallest absolute Gasteiger partial charge is 0.240 e. The maximum Gasteiger partial charge on any atom is 0.240 e. The molecule has 0 spiro atoms. The summed E-state index contributed by atoms with van der Waals surface area (Å²) in [6, 6.07) is 0.317. The molecule has 0 aromatic rings. The summed E-state index contributed by atoms with van der Waals surface area (Å²) in [4.78, 5) is 17.3. The lowest BCUT2D eigenvalue weighted by Gasteiger charge is -2.41. The van der Waals surface area contributed by atoms with Crippen molar-refractivity contribution in [3.8, 4) is 0 Å². The summed E-state index contributed by atoms with van der Waals surface area (Å²) in [6.07, 6.45) is 6.39. The Hall–Kier alpha value is -0.610. The van der Waals surface area contributed by atoms with Gasteiger partial charge in [-0.1, -0.05) is 27.2 Å². The van der Waals surface area contributed by atoms with Crippen molar-refractivity contribution in [1.29, 1.82) is 0 Å². The quantitative estimate of drug-likeness (QED) is 0.871. The fourth-order valence-corrected chi connectivity index (χ4v) is 3.74. The molecule has 0 radical (unpaired) electrons. The van der Waals surface area contributed by atoms with Crippen LogP contribution < -0.4 is 5.73 Å². The van der Waals surface area contributed by atoms with E-state index >= 15 is 0 Å². The topological polar surface area (TPSA) is 49.6 Å². The number of carbonyl (C=O) groups excluding carboxylic acids is 1. The van der Waals surface area contributed by atoms with Crippen molar-refractivity contribution in [2.24, 2.45) is 17.1 Å². The molecule has 2 fully saturated rings. The SMILES string of the molecule is C[C@@H]1CCCCN1C[C@@H]1CCCN(C(=O)[C@@H](N)C(C)(C)C)C1. The number of hydrogen-bond acceptors (Lipinski definition) is 3. The normalized spacial score (nSPS) is 29.4. The molecule has 0 bridgehead atoms. The average molecular weight is 309 g/mol. The fraction of sp³-hybridized carbons (Fsp3) is 0.944.